The van der Waals surface area contributed by atoms with Gasteiger partial charge in [0.25, 0.3) is 0 Å². The summed E-state index contributed by atoms with van der Waals surface area (Å²) in [6.07, 6.45) is 6.86. The van der Waals surface area contributed by atoms with Crippen LogP contribution in [0.4, 0.5) is 0 Å². The lowest BCUT2D eigenvalue weighted by atomic mass is 9.72. The van der Waals surface area contributed by atoms with Crippen LogP contribution in [0.1, 0.15) is 43.5 Å². The molecule has 0 atom stereocenters. The van der Waals surface area contributed by atoms with E-state index in [4.69, 9.17) is 16.5 Å². The highest BCUT2D eigenvalue weighted by atomic mass is 16.1. The summed E-state index contributed by atoms with van der Waals surface area (Å²) >= 11 is 0. The van der Waals surface area contributed by atoms with Crippen molar-refractivity contribution in [2.45, 2.75) is 44.2 Å². The average Bonchev–Trinajstić information content (AvgIpc) is 3.39. The van der Waals surface area contributed by atoms with Gasteiger partial charge in [0.05, 0.1) is 17.8 Å². The van der Waals surface area contributed by atoms with Crippen LogP contribution >= 0.6 is 0 Å². The van der Waals surface area contributed by atoms with Crippen LogP contribution in [0.5, 0.6) is 0 Å². The third-order valence-electron chi connectivity index (χ3n) is 8.86. The average molecular weight is 532 g/mol. The van der Waals surface area contributed by atoms with Crippen LogP contribution in [0.3, 0.4) is 0 Å². The van der Waals surface area contributed by atoms with Crippen LogP contribution in [-0.2, 0) is 16.9 Å². The molecule has 5 aromatic rings. The number of primary amides is 1. The number of nitrogens with zero attached hydrogens (tertiary/aromatic N) is 5. The minimum Gasteiger partial charge on any atom is -0.369 e. The number of pyridine rings is 2. The molecule has 1 saturated carbocycles. The molecule has 1 amide bonds. The van der Waals surface area contributed by atoms with E-state index in [1.807, 2.05) is 18.3 Å². The van der Waals surface area contributed by atoms with E-state index in [1.165, 1.54) is 12.0 Å². The summed E-state index contributed by atoms with van der Waals surface area (Å²) in [5.74, 6) is 0.651. The molecule has 7 rings (SSSR count). The first-order valence-corrected chi connectivity index (χ1v) is 14.1. The molecule has 1 aliphatic carbocycles. The molecular formula is C32H33N7O. The molecular weight excluding hydrogens is 498 g/mol. The van der Waals surface area contributed by atoms with Gasteiger partial charge < -0.3 is 11.5 Å². The summed E-state index contributed by atoms with van der Waals surface area (Å²) in [4.78, 5) is 19.1. The van der Waals surface area contributed by atoms with Crippen molar-refractivity contribution in [2.75, 3.05) is 13.1 Å². The van der Waals surface area contributed by atoms with E-state index in [2.05, 4.69) is 74.1 Å². The molecule has 0 unspecified atom stereocenters. The summed E-state index contributed by atoms with van der Waals surface area (Å²) < 4.78 is 2.06. The van der Waals surface area contributed by atoms with E-state index in [-0.39, 0.29) is 17.4 Å². The van der Waals surface area contributed by atoms with Crippen LogP contribution in [0.15, 0.2) is 72.9 Å². The predicted octanol–water partition coefficient (Wildman–Crippen LogP) is 4.65. The van der Waals surface area contributed by atoms with Gasteiger partial charge in [-0.05, 0) is 68.5 Å². The van der Waals surface area contributed by atoms with Gasteiger partial charge in [-0.2, -0.15) is 0 Å². The lowest BCUT2D eigenvalue weighted by Gasteiger charge is -2.38. The van der Waals surface area contributed by atoms with E-state index in [0.29, 0.717) is 6.54 Å². The first-order valence-electron chi connectivity index (χ1n) is 14.1. The molecule has 2 aromatic carbocycles. The Bertz CT molecular complexity index is 1700. The number of nitrogens with two attached hydrogens (primary N) is 2. The van der Waals surface area contributed by atoms with Crippen LogP contribution in [0.25, 0.3) is 38.9 Å². The minimum absolute atomic E-state index is 0.0298. The second kappa shape index (κ2) is 9.80. The fraction of sp³-hybridized carbons (Fsp3) is 0.312. The number of rotatable bonds is 6. The Labute approximate surface area is 233 Å². The van der Waals surface area contributed by atoms with E-state index in [1.54, 1.807) is 0 Å². The number of aromatic nitrogens is 4. The van der Waals surface area contributed by atoms with E-state index in [9.17, 15) is 4.79 Å². The Balaban J connectivity index is 1.28. The van der Waals surface area contributed by atoms with Crippen molar-refractivity contribution in [3.8, 4) is 22.4 Å². The van der Waals surface area contributed by atoms with E-state index < -0.39 is 0 Å². The summed E-state index contributed by atoms with van der Waals surface area (Å²) in [7, 11) is 0. The second-order valence-corrected chi connectivity index (χ2v) is 11.3. The molecule has 4 N–H and O–H groups in total. The van der Waals surface area contributed by atoms with Gasteiger partial charge in [0, 0.05) is 34.2 Å². The van der Waals surface area contributed by atoms with Crippen molar-refractivity contribution in [1.29, 1.82) is 0 Å². The Morgan fingerprint density at radius 1 is 0.950 bits per heavy atom. The molecule has 4 heterocycles. The van der Waals surface area contributed by atoms with Crippen LogP contribution in [0, 0.1) is 5.92 Å². The van der Waals surface area contributed by atoms with Crippen molar-refractivity contribution in [1.82, 2.24) is 24.5 Å². The van der Waals surface area contributed by atoms with Gasteiger partial charge in [0.15, 0.2) is 11.5 Å². The van der Waals surface area contributed by atoms with Crippen molar-refractivity contribution in [3.05, 3.63) is 84.3 Å². The highest BCUT2D eigenvalue weighted by Crippen LogP contribution is 2.40. The lowest BCUT2D eigenvalue weighted by Crippen LogP contribution is -2.43. The number of carbonyl (C=O) groups is 1. The molecule has 202 valence electrons. The molecule has 0 bridgehead atoms. The second-order valence-electron chi connectivity index (χ2n) is 11.3. The van der Waals surface area contributed by atoms with Gasteiger partial charge in [0.1, 0.15) is 0 Å². The molecule has 8 heteroatoms. The monoisotopic (exact) mass is 531 g/mol. The van der Waals surface area contributed by atoms with Gasteiger partial charge in [-0.3, -0.25) is 14.1 Å². The largest absolute Gasteiger partial charge is 0.369 e. The van der Waals surface area contributed by atoms with Crippen LogP contribution in [-0.4, -0.2) is 43.5 Å². The Morgan fingerprint density at radius 3 is 2.38 bits per heavy atom. The number of carbonyl (C=O) groups excluding carboxylic acids is 1. The van der Waals surface area contributed by atoms with Gasteiger partial charge in [-0.15, -0.1) is 10.2 Å². The molecule has 3 aromatic heterocycles. The first kappa shape index (κ1) is 24.9. The van der Waals surface area contributed by atoms with Crippen molar-refractivity contribution in [2.24, 2.45) is 17.4 Å². The van der Waals surface area contributed by atoms with Gasteiger partial charge in [0.2, 0.25) is 5.91 Å². The molecule has 0 spiro atoms. The molecule has 0 radical (unpaired) electrons. The van der Waals surface area contributed by atoms with E-state index in [0.717, 1.165) is 83.5 Å². The molecule has 1 saturated heterocycles. The van der Waals surface area contributed by atoms with Crippen molar-refractivity contribution >= 4 is 22.5 Å². The number of benzene rings is 2. The van der Waals surface area contributed by atoms with Crippen molar-refractivity contribution in [3.63, 3.8) is 0 Å². The molecule has 1 aliphatic heterocycles. The third kappa shape index (κ3) is 4.33. The Morgan fingerprint density at radius 2 is 1.70 bits per heavy atom. The van der Waals surface area contributed by atoms with E-state index >= 15 is 0 Å². The smallest absolute Gasteiger partial charge is 0.220 e. The van der Waals surface area contributed by atoms with Gasteiger partial charge >= 0.3 is 0 Å². The summed E-state index contributed by atoms with van der Waals surface area (Å²) in [6, 6.07) is 23.2. The lowest BCUT2D eigenvalue weighted by molar-refractivity contribution is -0.123. The zero-order valence-electron chi connectivity index (χ0n) is 22.5. The first-order chi connectivity index (χ1) is 19.5. The minimum atomic E-state index is -0.197. The number of fused-ring (bicyclic) bond motifs is 3. The molecule has 2 aliphatic rings. The summed E-state index contributed by atoms with van der Waals surface area (Å²) in [5.41, 5.74) is 18.9. The van der Waals surface area contributed by atoms with Crippen LogP contribution in [0.2, 0.25) is 0 Å². The number of hydrogen-bond acceptors (Lipinski definition) is 6. The fourth-order valence-electron chi connectivity index (χ4n) is 6.19. The standard InChI is InChI=1S/C32H33N7O/c33-30(40)23-11-16-38(17-12-23)20-28-36-37-31-26-19-25(21-5-2-1-3-6-21)29(35-27(26)13-18-39(28)31)22-7-9-24(10-8-22)32(34)14-4-15-32/h1-3,5-10,13,18-19,23H,4,11-12,14-17,20,34H2,(H2,33,40). The maximum atomic E-state index is 11.6. The number of likely N-dealkylation sites (tertiary alicyclic amines) is 1. The van der Waals surface area contributed by atoms with Gasteiger partial charge in [-0.1, -0.05) is 54.6 Å². The zero-order valence-corrected chi connectivity index (χ0v) is 22.5. The molecule has 8 nitrogen and oxygen atoms in total. The summed E-state index contributed by atoms with van der Waals surface area (Å²) in [5, 5.41) is 10.1. The number of piperidine rings is 1. The maximum Gasteiger partial charge on any atom is 0.220 e. The highest BCUT2D eigenvalue weighted by Gasteiger charge is 2.34. The predicted molar refractivity (Wildman–Crippen MR) is 156 cm³/mol. The molecule has 40 heavy (non-hydrogen) atoms. The normalized spacial score (nSPS) is 17.7. The Hall–Kier alpha value is -4.14. The quantitative estimate of drug-likeness (QED) is 0.330. The number of hydrogen-bond donors (Lipinski definition) is 2. The topological polar surface area (TPSA) is 115 Å². The summed E-state index contributed by atoms with van der Waals surface area (Å²) in [6.45, 7) is 2.32. The SMILES string of the molecule is NC(=O)C1CCN(Cc2nnc3c4cc(-c5ccccc5)c(-c5ccc(C6(N)CCC6)cc5)nc4ccn23)CC1. The van der Waals surface area contributed by atoms with Crippen LogP contribution < -0.4 is 11.5 Å². The van der Waals surface area contributed by atoms with Crippen molar-refractivity contribution < 1.29 is 4.79 Å². The highest BCUT2D eigenvalue weighted by molar-refractivity contribution is 5.98. The fourth-order valence-corrected chi connectivity index (χ4v) is 6.19. The zero-order chi connectivity index (χ0) is 27.3. The molecule has 2 fully saturated rings. The third-order valence-corrected chi connectivity index (χ3v) is 8.86. The van der Waals surface area contributed by atoms with Gasteiger partial charge in [-0.25, -0.2) is 4.98 Å². The number of amides is 1. The maximum absolute atomic E-state index is 11.6. The Kier molecular flexibility index (Phi) is 6.09.